The Kier molecular flexibility index (Phi) is 6.92. The van der Waals surface area contributed by atoms with Gasteiger partial charge in [-0.3, -0.25) is 9.98 Å². The zero-order valence-electron chi connectivity index (χ0n) is 7.98. The summed E-state index contributed by atoms with van der Waals surface area (Å²) in [6.45, 7) is 7.50. The van der Waals surface area contributed by atoms with Crippen LogP contribution in [0.2, 0.25) is 0 Å². The van der Waals surface area contributed by atoms with Crippen LogP contribution >= 0.6 is 23.2 Å². The number of aliphatic imine (C=N–C) groups is 2. The maximum Gasteiger partial charge on any atom is 0.129 e. The van der Waals surface area contributed by atoms with Gasteiger partial charge in [-0.1, -0.05) is 25.4 Å². The van der Waals surface area contributed by atoms with E-state index in [4.69, 9.17) is 23.2 Å². The first kappa shape index (κ1) is 12.7. The lowest BCUT2D eigenvalue weighted by Gasteiger charge is -2.05. The molecule has 0 spiro atoms. The number of halogens is 2. The number of allylic oxidation sites excluding steroid dienone is 2. The quantitative estimate of drug-likeness (QED) is 0.385. The van der Waals surface area contributed by atoms with Crippen LogP contribution in [0.1, 0.15) is 26.7 Å². The summed E-state index contributed by atoms with van der Waals surface area (Å²) in [5.41, 5.74) is 1.82. The lowest BCUT2D eigenvalue weighted by Crippen LogP contribution is -1.98. The van der Waals surface area contributed by atoms with Crippen molar-refractivity contribution in [3.63, 3.8) is 0 Å². The Morgan fingerprint density at radius 2 is 1.92 bits per heavy atom. The van der Waals surface area contributed by atoms with Crippen molar-refractivity contribution in [2.24, 2.45) is 9.98 Å². The van der Waals surface area contributed by atoms with Gasteiger partial charge < -0.3 is 0 Å². The van der Waals surface area contributed by atoms with Crippen molar-refractivity contribution in [2.75, 3.05) is 6.00 Å². The van der Waals surface area contributed by atoms with Crippen LogP contribution < -0.4 is 0 Å². The smallest absolute Gasteiger partial charge is 0.129 e. The van der Waals surface area contributed by atoms with Gasteiger partial charge in [-0.15, -0.1) is 11.6 Å². The van der Waals surface area contributed by atoms with Crippen LogP contribution in [0, 0.1) is 0 Å². The first-order valence-electron chi connectivity index (χ1n) is 4.16. The van der Waals surface area contributed by atoms with E-state index in [0.29, 0.717) is 5.17 Å². The van der Waals surface area contributed by atoms with Crippen molar-refractivity contribution >= 4 is 35.1 Å². The molecule has 0 aliphatic rings. The molecule has 0 fully saturated rings. The van der Waals surface area contributed by atoms with Crippen LogP contribution in [0.3, 0.4) is 0 Å². The van der Waals surface area contributed by atoms with E-state index < -0.39 is 0 Å². The first-order valence-corrected chi connectivity index (χ1v) is 5.07. The molecule has 0 aromatic carbocycles. The Hall–Kier alpha value is -0.340. The van der Waals surface area contributed by atoms with Gasteiger partial charge >= 0.3 is 0 Å². The molecule has 0 aromatic heterocycles. The van der Waals surface area contributed by atoms with Crippen LogP contribution in [0.25, 0.3) is 0 Å². The molecule has 0 aliphatic heterocycles. The van der Waals surface area contributed by atoms with E-state index >= 15 is 0 Å². The molecule has 0 heterocycles. The van der Waals surface area contributed by atoms with Gasteiger partial charge in [0.05, 0.1) is 0 Å². The van der Waals surface area contributed by atoms with Crippen molar-refractivity contribution in [2.45, 2.75) is 26.7 Å². The first-order chi connectivity index (χ1) is 6.21. The van der Waals surface area contributed by atoms with Gasteiger partial charge in [-0.25, -0.2) is 0 Å². The third-order valence-electron chi connectivity index (χ3n) is 1.68. The van der Waals surface area contributed by atoms with Crippen LogP contribution in [-0.4, -0.2) is 17.9 Å². The minimum Gasteiger partial charge on any atom is -0.269 e. The lowest BCUT2D eigenvalue weighted by atomic mass is 10.1. The van der Waals surface area contributed by atoms with E-state index in [1.807, 2.05) is 13.8 Å². The Labute approximate surface area is 89.4 Å². The van der Waals surface area contributed by atoms with Crippen molar-refractivity contribution in [1.29, 1.82) is 0 Å². The Balaban J connectivity index is 4.95. The molecule has 0 unspecified atom stereocenters. The third kappa shape index (κ3) is 3.92. The third-order valence-corrected chi connectivity index (χ3v) is 2.14. The summed E-state index contributed by atoms with van der Waals surface area (Å²) in [7, 11) is 0. The van der Waals surface area contributed by atoms with Crippen molar-refractivity contribution in [1.82, 2.24) is 0 Å². The average molecular weight is 221 g/mol. The highest BCUT2D eigenvalue weighted by atomic mass is 35.5. The predicted octanol–water partition coefficient (Wildman–Crippen LogP) is 3.59. The molecule has 0 rings (SSSR count). The Morgan fingerprint density at radius 1 is 1.31 bits per heavy atom. The molecule has 0 bridgehead atoms. The molecular formula is C9H14Cl2N2. The van der Waals surface area contributed by atoms with Crippen LogP contribution in [0.4, 0.5) is 0 Å². The van der Waals surface area contributed by atoms with Gasteiger partial charge in [0.2, 0.25) is 0 Å². The summed E-state index contributed by atoms with van der Waals surface area (Å²) in [6.07, 6.45) is 1.60. The van der Waals surface area contributed by atoms with Crippen molar-refractivity contribution in [3.05, 3.63) is 11.3 Å². The normalized spacial score (nSPS) is 14.0. The molecule has 74 valence electrons. The van der Waals surface area contributed by atoms with E-state index in [1.165, 1.54) is 0 Å². The maximum absolute atomic E-state index is 5.92. The molecule has 13 heavy (non-hydrogen) atoms. The van der Waals surface area contributed by atoms with Gasteiger partial charge in [0.15, 0.2) is 0 Å². The second kappa shape index (κ2) is 7.10. The van der Waals surface area contributed by atoms with E-state index in [-0.39, 0.29) is 6.00 Å². The maximum atomic E-state index is 5.92. The summed E-state index contributed by atoms with van der Waals surface area (Å²) in [4.78, 5) is 7.82. The van der Waals surface area contributed by atoms with Crippen molar-refractivity contribution in [3.8, 4) is 0 Å². The van der Waals surface area contributed by atoms with Crippen LogP contribution in [-0.2, 0) is 0 Å². The number of nitrogens with zero attached hydrogens (tertiary/aromatic N) is 2. The zero-order chi connectivity index (χ0) is 10.3. The van der Waals surface area contributed by atoms with E-state index in [1.54, 1.807) is 0 Å². The Bertz CT molecular complexity index is 232. The summed E-state index contributed by atoms with van der Waals surface area (Å²) in [6, 6.07) is 0.177. The fourth-order valence-corrected chi connectivity index (χ4v) is 1.52. The second-order valence-electron chi connectivity index (χ2n) is 2.36. The summed E-state index contributed by atoms with van der Waals surface area (Å²) in [5.74, 6) is 0. The minimum atomic E-state index is 0.177. The monoisotopic (exact) mass is 220 g/mol. The highest BCUT2D eigenvalue weighted by molar-refractivity contribution is 6.69. The molecule has 0 radical (unpaired) electrons. The molecule has 0 saturated heterocycles. The molecule has 2 nitrogen and oxygen atoms in total. The molecule has 0 atom stereocenters. The molecular weight excluding hydrogens is 207 g/mol. The SMILES string of the molecule is C=N/C(CC)=C(/CC)C(Cl)=NCCl. The van der Waals surface area contributed by atoms with Gasteiger partial charge in [-0.2, -0.15) is 0 Å². The number of rotatable bonds is 5. The number of hydrogen-bond acceptors (Lipinski definition) is 2. The lowest BCUT2D eigenvalue weighted by molar-refractivity contribution is 1.01. The standard InChI is InChI=1S/C9H14Cl2N2/c1-4-7(8(5-2)12-3)9(11)13-6-10/h3-6H2,1-2H3/b8-7-,13-9?. The highest BCUT2D eigenvalue weighted by Crippen LogP contribution is 2.17. The van der Waals surface area contributed by atoms with Gasteiger partial charge in [0, 0.05) is 11.3 Å². The fourth-order valence-electron chi connectivity index (χ4n) is 1.04. The molecule has 0 aromatic rings. The number of hydrogen-bond donors (Lipinski definition) is 0. The zero-order valence-corrected chi connectivity index (χ0v) is 9.49. The van der Waals surface area contributed by atoms with Gasteiger partial charge in [-0.05, 0) is 19.6 Å². The van der Waals surface area contributed by atoms with E-state index in [9.17, 15) is 0 Å². The molecule has 0 aliphatic carbocycles. The predicted molar refractivity (Wildman–Crippen MR) is 61.2 cm³/mol. The van der Waals surface area contributed by atoms with Gasteiger partial charge in [0.1, 0.15) is 11.2 Å². The second-order valence-corrected chi connectivity index (χ2v) is 2.96. The largest absolute Gasteiger partial charge is 0.269 e. The molecule has 0 N–H and O–H groups in total. The van der Waals surface area contributed by atoms with Crippen LogP contribution in [0.5, 0.6) is 0 Å². The molecule has 0 amide bonds. The van der Waals surface area contributed by atoms with E-state index in [0.717, 1.165) is 24.1 Å². The summed E-state index contributed by atoms with van der Waals surface area (Å²) >= 11 is 11.4. The average Bonchev–Trinajstić information content (AvgIpc) is 2.14. The highest BCUT2D eigenvalue weighted by Gasteiger charge is 2.06. The Morgan fingerprint density at radius 3 is 2.23 bits per heavy atom. The molecule has 4 heteroatoms. The minimum absolute atomic E-state index is 0.177. The summed E-state index contributed by atoms with van der Waals surface area (Å²) < 4.78 is 0. The van der Waals surface area contributed by atoms with Crippen molar-refractivity contribution < 1.29 is 0 Å². The fraction of sp³-hybridized carbons (Fsp3) is 0.556. The van der Waals surface area contributed by atoms with Crippen LogP contribution in [0.15, 0.2) is 21.3 Å². The van der Waals surface area contributed by atoms with Gasteiger partial charge in [0.25, 0.3) is 0 Å². The molecule has 0 saturated carbocycles. The topological polar surface area (TPSA) is 24.7 Å². The van der Waals surface area contributed by atoms with E-state index in [2.05, 4.69) is 16.7 Å². The summed E-state index contributed by atoms with van der Waals surface area (Å²) in [5, 5.41) is 0.446. The number of alkyl halides is 1.